The first-order valence-corrected chi connectivity index (χ1v) is 11.0. The van der Waals surface area contributed by atoms with Crippen molar-refractivity contribution in [2.24, 2.45) is 11.8 Å². The lowest BCUT2D eigenvalue weighted by molar-refractivity contribution is -0.145. The van der Waals surface area contributed by atoms with Crippen LogP contribution in [0, 0.1) is 11.8 Å². The molecule has 0 saturated carbocycles. The molecule has 0 aromatic heterocycles. The Morgan fingerprint density at radius 1 is 0.931 bits per heavy atom. The molecule has 0 N–H and O–H groups in total. The van der Waals surface area contributed by atoms with E-state index in [2.05, 4.69) is 46.2 Å². The molecule has 4 nitrogen and oxygen atoms in total. The summed E-state index contributed by atoms with van der Waals surface area (Å²) >= 11 is 0. The summed E-state index contributed by atoms with van der Waals surface area (Å²) in [5, 5.41) is 0. The van der Waals surface area contributed by atoms with Gasteiger partial charge in [-0.25, -0.2) is 0 Å². The Morgan fingerprint density at radius 2 is 1.76 bits per heavy atom. The van der Waals surface area contributed by atoms with Crippen LogP contribution in [-0.4, -0.2) is 41.4 Å². The first-order valence-electron chi connectivity index (χ1n) is 11.0. The smallest absolute Gasteiger partial charge is 0.222 e. The third-order valence-electron chi connectivity index (χ3n) is 6.83. The van der Waals surface area contributed by atoms with Crippen molar-refractivity contribution in [1.29, 1.82) is 0 Å². The van der Waals surface area contributed by atoms with Crippen LogP contribution < -0.4 is 4.74 Å². The molecule has 4 heteroatoms. The van der Waals surface area contributed by atoms with E-state index in [0.717, 1.165) is 44.8 Å². The van der Waals surface area contributed by atoms with Gasteiger partial charge in [-0.1, -0.05) is 42.5 Å². The number of amides is 1. The number of hydrogen-bond acceptors (Lipinski definition) is 3. The van der Waals surface area contributed by atoms with E-state index in [9.17, 15) is 4.79 Å². The molecule has 29 heavy (non-hydrogen) atoms. The highest BCUT2D eigenvalue weighted by molar-refractivity contribution is 5.77. The standard InChI is InChI=1S/C25H30N2O2/c28-25-8-4-7-24-22-13-21(16-27(24)25)15-26(17-22)14-19-9-11-23(12-10-19)29-18-20-5-2-1-3-6-20/h1-3,5-6,9-12,21-22,24H,4,7-8,13-18H2/t21-,22-,24-/m0/s1. The van der Waals surface area contributed by atoms with Gasteiger partial charge in [-0.2, -0.15) is 0 Å². The fourth-order valence-electron chi connectivity index (χ4n) is 5.53. The zero-order valence-electron chi connectivity index (χ0n) is 17.0. The van der Waals surface area contributed by atoms with Crippen molar-refractivity contribution < 1.29 is 9.53 Å². The lowest BCUT2D eigenvalue weighted by Crippen LogP contribution is -2.60. The zero-order valence-corrected chi connectivity index (χ0v) is 17.0. The van der Waals surface area contributed by atoms with Crippen LogP contribution in [0.5, 0.6) is 5.75 Å². The van der Waals surface area contributed by atoms with Crippen LogP contribution in [0.4, 0.5) is 0 Å². The molecule has 5 rings (SSSR count). The minimum Gasteiger partial charge on any atom is -0.489 e. The topological polar surface area (TPSA) is 32.8 Å². The van der Waals surface area contributed by atoms with Gasteiger partial charge in [-0.05, 0) is 54.4 Å². The summed E-state index contributed by atoms with van der Waals surface area (Å²) < 4.78 is 5.92. The van der Waals surface area contributed by atoms with Gasteiger partial charge in [0.05, 0.1) is 0 Å². The molecule has 3 saturated heterocycles. The van der Waals surface area contributed by atoms with E-state index >= 15 is 0 Å². The quantitative estimate of drug-likeness (QED) is 0.771. The molecule has 2 aromatic rings. The predicted molar refractivity (Wildman–Crippen MR) is 113 cm³/mol. The fraction of sp³-hybridized carbons (Fsp3) is 0.480. The van der Waals surface area contributed by atoms with E-state index < -0.39 is 0 Å². The summed E-state index contributed by atoms with van der Waals surface area (Å²) in [6.07, 6.45) is 4.34. The van der Waals surface area contributed by atoms with E-state index in [1.165, 1.54) is 24.0 Å². The highest BCUT2D eigenvalue weighted by atomic mass is 16.5. The van der Waals surface area contributed by atoms with Crippen LogP contribution in [0.2, 0.25) is 0 Å². The first kappa shape index (κ1) is 18.7. The number of piperidine rings is 3. The third-order valence-corrected chi connectivity index (χ3v) is 6.83. The molecule has 1 amide bonds. The van der Waals surface area contributed by atoms with Crippen molar-refractivity contribution in [3.63, 3.8) is 0 Å². The van der Waals surface area contributed by atoms with Gasteiger partial charge in [-0.3, -0.25) is 9.69 Å². The van der Waals surface area contributed by atoms with Gasteiger partial charge in [0.25, 0.3) is 0 Å². The van der Waals surface area contributed by atoms with Crippen LogP contribution >= 0.6 is 0 Å². The number of benzene rings is 2. The van der Waals surface area contributed by atoms with Crippen molar-refractivity contribution in [3.05, 3.63) is 65.7 Å². The normalized spacial score (nSPS) is 26.8. The number of carbonyl (C=O) groups is 1. The van der Waals surface area contributed by atoms with Crippen LogP contribution in [0.25, 0.3) is 0 Å². The minimum absolute atomic E-state index is 0.399. The second kappa shape index (κ2) is 8.19. The summed E-state index contributed by atoms with van der Waals surface area (Å²) in [7, 11) is 0. The van der Waals surface area contributed by atoms with E-state index in [1.807, 2.05) is 18.2 Å². The molecular weight excluding hydrogens is 360 g/mol. The fourth-order valence-corrected chi connectivity index (χ4v) is 5.53. The molecule has 2 bridgehead atoms. The number of hydrogen-bond donors (Lipinski definition) is 0. The lowest BCUT2D eigenvalue weighted by Gasteiger charge is -2.52. The largest absolute Gasteiger partial charge is 0.489 e. The van der Waals surface area contributed by atoms with Gasteiger partial charge in [0, 0.05) is 38.6 Å². The third kappa shape index (κ3) is 4.18. The molecule has 3 atom stereocenters. The van der Waals surface area contributed by atoms with E-state index in [-0.39, 0.29) is 0 Å². The van der Waals surface area contributed by atoms with Crippen molar-refractivity contribution in [3.8, 4) is 5.75 Å². The van der Waals surface area contributed by atoms with Gasteiger partial charge >= 0.3 is 0 Å². The molecule has 3 aliphatic rings. The Hall–Kier alpha value is -2.33. The van der Waals surface area contributed by atoms with Crippen LogP contribution in [0.1, 0.15) is 36.8 Å². The molecule has 0 aliphatic carbocycles. The summed E-state index contributed by atoms with van der Waals surface area (Å²) in [5.74, 6) is 2.61. The maximum Gasteiger partial charge on any atom is 0.222 e. The van der Waals surface area contributed by atoms with Gasteiger partial charge in [0.15, 0.2) is 0 Å². The number of likely N-dealkylation sites (tertiary alicyclic amines) is 1. The predicted octanol–water partition coefficient (Wildman–Crippen LogP) is 4.10. The second-order valence-corrected chi connectivity index (χ2v) is 8.98. The molecule has 0 radical (unpaired) electrons. The number of rotatable bonds is 5. The number of fused-ring (bicyclic) bond motifs is 4. The van der Waals surface area contributed by atoms with E-state index in [0.29, 0.717) is 30.4 Å². The second-order valence-electron chi connectivity index (χ2n) is 8.98. The van der Waals surface area contributed by atoms with E-state index in [1.54, 1.807) is 0 Å². The van der Waals surface area contributed by atoms with Crippen molar-refractivity contribution in [1.82, 2.24) is 9.80 Å². The molecule has 2 aromatic carbocycles. The van der Waals surface area contributed by atoms with Gasteiger partial charge in [0.1, 0.15) is 12.4 Å². The van der Waals surface area contributed by atoms with E-state index in [4.69, 9.17) is 4.74 Å². The van der Waals surface area contributed by atoms with Crippen LogP contribution in [-0.2, 0) is 17.9 Å². The van der Waals surface area contributed by atoms with Crippen molar-refractivity contribution in [2.45, 2.75) is 44.9 Å². The van der Waals surface area contributed by atoms with Crippen molar-refractivity contribution >= 4 is 5.91 Å². The lowest BCUT2D eigenvalue weighted by atomic mass is 9.76. The molecule has 152 valence electrons. The Labute approximate surface area is 173 Å². The average molecular weight is 391 g/mol. The van der Waals surface area contributed by atoms with Crippen molar-refractivity contribution in [2.75, 3.05) is 19.6 Å². The summed E-state index contributed by atoms with van der Waals surface area (Å²) in [6.45, 7) is 4.80. The summed E-state index contributed by atoms with van der Waals surface area (Å²) in [5.41, 5.74) is 2.53. The van der Waals surface area contributed by atoms with Gasteiger partial charge in [-0.15, -0.1) is 0 Å². The Bertz CT molecular complexity index is 836. The van der Waals surface area contributed by atoms with Gasteiger partial charge < -0.3 is 9.64 Å². The monoisotopic (exact) mass is 390 g/mol. The first-order chi connectivity index (χ1) is 14.2. The van der Waals surface area contributed by atoms with Crippen LogP contribution in [0.15, 0.2) is 54.6 Å². The molecule has 3 heterocycles. The Balaban J connectivity index is 1.17. The maximum atomic E-state index is 12.3. The minimum atomic E-state index is 0.399. The zero-order chi connectivity index (χ0) is 19.6. The average Bonchev–Trinajstić information content (AvgIpc) is 2.75. The number of ether oxygens (including phenoxy) is 1. The molecule has 3 aliphatic heterocycles. The van der Waals surface area contributed by atoms with Crippen LogP contribution in [0.3, 0.4) is 0 Å². The Morgan fingerprint density at radius 3 is 2.59 bits per heavy atom. The highest BCUT2D eigenvalue weighted by Crippen LogP contribution is 2.38. The van der Waals surface area contributed by atoms with Gasteiger partial charge in [0.2, 0.25) is 5.91 Å². The summed E-state index contributed by atoms with van der Waals surface area (Å²) in [6, 6.07) is 19.3. The summed E-state index contributed by atoms with van der Waals surface area (Å²) in [4.78, 5) is 17.1. The molecule has 0 spiro atoms. The SMILES string of the molecule is O=C1CCC[C@H]2[C@H]3C[C@@H](CN(Cc4ccc(OCc5ccccc5)cc4)C3)CN12. The number of carbonyl (C=O) groups excluding carboxylic acids is 1. The molecule has 3 fully saturated rings. The maximum absolute atomic E-state index is 12.3. The number of nitrogens with zero attached hydrogens (tertiary/aromatic N) is 2. The highest BCUT2D eigenvalue weighted by Gasteiger charge is 2.43. The Kier molecular flexibility index (Phi) is 5.28. The molecular formula is C25H30N2O2. The molecule has 0 unspecified atom stereocenters.